The molecule has 4 rings (SSSR count). The summed E-state index contributed by atoms with van der Waals surface area (Å²) in [6.45, 7) is 2.02. The first-order valence-corrected chi connectivity index (χ1v) is 8.11. The van der Waals surface area contributed by atoms with Crippen LogP contribution in [0.25, 0.3) is 0 Å². The molecule has 9 nitrogen and oxygen atoms in total. The monoisotopic (exact) mass is 348 g/mol. The Kier molecular flexibility index (Phi) is 3.26. The molecule has 25 heavy (non-hydrogen) atoms. The van der Waals surface area contributed by atoms with Gasteiger partial charge in [0.1, 0.15) is 6.61 Å². The van der Waals surface area contributed by atoms with Crippen LogP contribution >= 0.6 is 0 Å². The topological polar surface area (TPSA) is 133 Å². The van der Waals surface area contributed by atoms with E-state index in [1.54, 1.807) is 14.0 Å². The van der Waals surface area contributed by atoms with Crippen molar-refractivity contribution in [3.63, 3.8) is 0 Å². The van der Waals surface area contributed by atoms with E-state index in [1.807, 2.05) is 4.90 Å². The first-order chi connectivity index (χ1) is 11.9. The Morgan fingerprint density at radius 1 is 1.44 bits per heavy atom. The van der Waals surface area contributed by atoms with Crippen molar-refractivity contribution in [1.82, 2.24) is 15.5 Å². The molecule has 4 atom stereocenters. The van der Waals surface area contributed by atoms with Gasteiger partial charge in [-0.2, -0.15) is 0 Å². The summed E-state index contributed by atoms with van der Waals surface area (Å²) in [6, 6.07) is 0.145. The molecule has 0 spiro atoms. The number of Topliss-reactive ketones (excluding diaryl/α,β-unsaturated/α-hetero) is 2. The molecule has 1 aliphatic carbocycles. The zero-order valence-corrected chi connectivity index (χ0v) is 14.2. The molecule has 0 unspecified atom stereocenters. The Balaban J connectivity index is 1.81. The first-order valence-electron chi connectivity index (χ1n) is 8.11. The first kappa shape index (κ1) is 16.1. The number of ether oxygens (including phenoxy) is 2. The summed E-state index contributed by atoms with van der Waals surface area (Å²) in [5.41, 5.74) is 5.75. The summed E-state index contributed by atoms with van der Waals surface area (Å²) in [6.07, 6.45) is -0.612. The Labute approximate surface area is 144 Å². The van der Waals surface area contributed by atoms with Crippen LogP contribution in [-0.4, -0.2) is 67.7 Å². The predicted molar refractivity (Wildman–Crippen MR) is 85.0 cm³/mol. The number of piperazine rings is 1. The summed E-state index contributed by atoms with van der Waals surface area (Å²) in [7, 11) is 2.99. The number of allylic oxidation sites excluding steroid dienone is 2. The molecular formula is C16H20N4O5. The van der Waals surface area contributed by atoms with Gasteiger partial charge in [0.2, 0.25) is 11.6 Å². The van der Waals surface area contributed by atoms with E-state index in [9.17, 15) is 14.4 Å². The van der Waals surface area contributed by atoms with E-state index in [2.05, 4.69) is 10.6 Å². The Morgan fingerprint density at radius 3 is 2.80 bits per heavy atom. The average Bonchev–Trinajstić information content (AvgIpc) is 3.22. The number of nitrogens with zero attached hydrogens (tertiary/aromatic N) is 1. The Hall–Kier alpha value is -2.39. The smallest absolute Gasteiger partial charge is 0.406 e. The van der Waals surface area contributed by atoms with Crippen molar-refractivity contribution in [2.24, 2.45) is 11.7 Å². The molecule has 0 aromatic heterocycles. The normalized spacial score (nSPS) is 35.6. The summed E-state index contributed by atoms with van der Waals surface area (Å²) in [5, 5.41) is 5.68. The summed E-state index contributed by atoms with van der Waals surface area (Å²) >= 11 is 0. The van der Waals surface area contributed by atoms with Gasteiger partial charge in [-0.1, -0.05) is 0 Å². The van der Waals surface area contributed by atoms with E-state index >= 15 is 0 Å². The highest BCUT2D eigenvalue weighted by molar-refractivity contribution is 6.25. The zero-order chi connectivity index (χ0) is 18.1. The lowest BCUT2D eigenvalue weighted by Gasteiger charge is -2.39. The number of carbonyl (C=O) groups excluding carboxylic acids is 3. The highest BCUT2D eigenvalue weighted by Crippen LogP contribution is 2.55. The van der Waals surface area contributed by atoms with Gasteiger partial charge in [0.15, 0.2) is 5.72 Å². The van der Waals surface area contributed by atoms with Crippen molar-refractivity contribution >= 4 is 17.7 Å². The molecule has 0 bridgehead atoms. The van der Waals surface area contributed by atoms with Crippen LogP contribution in [0.5, 0.6) is 0 Å². The van der Waals surface area contributed by atoms with Gasteiger partial charge < -0.3 is 30.7 Å². The lowest BCUT2D eigenvalue weighted by atomic mass is 9.82. The second kappa shape index (κ2) is 5.06. The van der Waals surface area contributed by atoms with Crippen LogP contribution in [0.4, 0.5) is 4.79 Å². The quantitative estimate of drug-likeness (QED) is 0.419. The molecule has 134 valence electrons. The third kappa shape index (κ3) is 1.82. The SMILES string of the molecule is CNC(=O)OC[C@@H]1C2=C(C(=O)C(C)=C(N)C2=O)N2C[C@@H]3N[C@@H]3[C@]12OC. The molecule has 0 aromatic rings. The van der Waals surface area contributed by atoms with Gasteiger partial charge in [0.25, 0.3) is 0 Å². The van der Waals surface area contributed by atoms with Gasteiger partial charge in [-0.25, -0.2) is 4.79 Å². The lowest BCUT2D eigenvalue weighted by molar-refractivity contribution is -0.137. The van der Waals surface area contributed by atoms with Gasteiger partial charge in [0.05, 0.1) is 23.4 Å². The molecule has 3 aliphatic heterocycles. The number of hydrogen-bond donors (Lipinski definition) is 3. The summed E-state index contributed by atoms with van der Waals surface area (Å²) in [5.74, 6) is -1.25. The van der Waals surface area contributed by atoms with Crippen LogP contribution in [-0.2, 0) is 19.1 Å². The van der Waals surface area contributed by atoms with Gasteiger partial charge in [-0.3, -0.25) is 9.59 Å². The summed E-state index contributed by atoms with van der Waals surface area (Å²) in [4.78, 5) is 39.1. The van der Waals surface area contributed by atoms with E-state index in [4.69, 9.17) is 15.2 Å². The highest BCUT2D eigenvalue weighted by Gasteiger charge is 2.72. The Bertz CT molecular complexity index is 772. The van der Waals surface area contributed by atoms with Crippen molar-refractivity contribution in [3.05, 3.63) is 22.5 Å². The largest absolute Gasteiger partial charge is 0.449 e. The molecular weight excluding hydrogens is 328 g/mol. The molecule has 3 heterocycles. The number of fused-ring (bicyclic) bond motifs is 4. The van der Waals surface area contributed by atoms with Gasteiger partial charge in [-0.15, -0.1) is 0 Å². The third-order valence-corrected chi connectivity index (χ3v) is 5.67. The number of nitrogens with one attached hydrogen (secondary N) is 2. The molecule has 0 aromatic carbocycles. The molecule has 4 aliphatic rings. The zero-order valence-electron chi connectivity index (χ0n) is 14.2. The molecule has 1 amide bonds. The fourth-order valence-electron chi connectivity index (χ4n) is 4.38. The van der Waals surface area contributed by atoms with Crippen molar-refractivity contribution < 1.29 is 23.9 Å². The van der Waals surface area contributed by atoms with Crippen molar-refractivity contribution in [2.75, 3.05) is 27.3 Å². The van der Waals surface area contributed by atoms with Crippen molar-refractivity contribution in [1.29, 1.82) is 0 Å². The standard InChI is InChI=1S/C16H20N4O5/c1-6-10(17)13(22)9-7(5-25-15(23)18-2)16(24-3)14-8(19-14)4-20(16)11(9)12(6)21/h7-8,14,19H,4-5,17H2,1-3H3,(H,18,23)/t7-,8+,14+,16-/m1/s1. The average molecular weight is 348 g/mol. The highest BCUT2D eigenvalue weighted by atomic mass is 16.6. The van der Waals surface area contributed by atoms with Crippen LogP contribution in [0.15, 0.2) is 22.5 Å². The summed E-state index contributed by atoms with van der Waals surface area (Å²) < 4.78 is 11.1. The van der Waals surface area contributed by atoms with Crippen LogP contribution in [0.3, 0.4) is 0 Å². The molecule has 9 heteroatoms. The maximum Gasteiger partial charge on any atom is 0.406 e. The van der Waals surface area contributed by atoms with E-state index in [-0.39, 0.29) is 47.1 Å². The maximum absolute atomic E-state index is 12.8. The number of nitrogens with two attached hydrogens (primary N) is 1. The number of ketones is 2. The van der Waals surface area contributed by atoms with E-state index in [0.717, 1.165) is 0 Å². The lowest BCUT2D eigenvalue weighted by Crippen LogP contribution is -2.55. The van der Waals surface area contributed by atoms with E-state index in [1.165, 1.54) is 7.05 Å². The molecule has 0 radical (unpaired) electrons. The minimum Gasteiger partial charge on any atom is -0.449 e. The van der Waals surface area contributed by atoms with Gasteiger partial charge in [0, 0.05) is 37.9 Å². The maximum atomic E-state index is 12.8. The van der Waals surface area contributed by atoms with Gasteiger partial charge in [-0.05, 0) is 6.92 Å². The second-order valence-electron chi connectivity index (χ2n) is 6.68. The number of carbonyl (C=O) groups is 3. The van der Waals surface area contributed by atoms with Crippen LogP contribution in [0, 0.1) is 5.92 Å². The van der Waals surface area contributed by atoms with Crippen LogP contribution in [0.2, 0.25) is 0 Å². The van der Waals surface area contributed by atoms with E-state index in [0.29, 0.717) is 12.2 Å². The minimum absolute atomic E-state index is 0.0384. The number of methoxy groups -OCH3 is 1. The third-order valence-electron chi connectivity index (χ3n) is 5.67. The fraction of sp³-hybridized carbons (Fsp3) is 0.562. The number of hydrogen-bond acceptors (Lipinski definition) is 8. The minimum atomic E-state index is -0.931. The molecule has 0 saturated carbocycles. The van der Waals surface area contributed by atoms with Crippen LogP contribution < -0.4 is 16.4 Å². The van der Waals surface area contributed by atoms with Crippen LogP contribution in [0.1, 0.15) is 6.92 Å². The number of amides is 1. The van der Waals surface area contributed by atoms with Crippen molar-refractivity contribution in [3.8, 4) is 0 Å². The molecule has 4 N–H and O–H groups in total. The number of alkyl carbamates (subject to hydrolysis) is 1. The Morgan fingerprint density at radius 2 is 2.16 bits per heavy atom. The molecule has 2 saturated heterocycles. The molecule has 2 fully saturated rings. The number of rotatable bonds is 3. The van der Waals surface area contributed by atoms with Gasteiger partial charge >= 0.3 is 6.09 Å². The van der Waals surface area contributed by atoms with Crippen molar-refractivity contribution in [2.45, 2.75) is 24.7 Å². The second-order valence-corrected chi connectivity index (χ2v) is 6.68. The predicted octanol–water partition coefficient (Wildman–Crippen LogP) is -1.39. The fourth-order valence-corrected chi connectivity index (χ4v) is 4.38. The van der Waals surface area contributed by atoms with E-state index < -0.39 is 17.7 Å².